The zero-order chi connectivity index (χ0) is 12.1. The van der Waals surface area contributed by atoms with Gasteiger partial charge in [-0.15, -0.1) is 0 Å². The largest absolute Gasteiger partial charge is 0.366 e. The summed E-state index contributed by atoms with van der Waals surface area (Å²) in [4.78, 5) is 11.2. The quantitative estimate of drug-likeness (QED) is 0.624. The summed E-state index contributed by atoms with van der Waals surface area (Å²) in [6.45, 7) is 2.56. The van der Waals surface area contributed by atoms with Crippen molar-refractivity contribution in [2.75, 3.05) is 17.2 Å². The predicted octanol–water partition coefficient (Wildman–Crippen LogP) is 1.31. The summed E-state index contributed by atoms with van der Waals surface area (Å²) < 4.78 is 0. The lowest BCUT2D eigenvalue weighted by Gasteiger charge is -2.12. The van der Waals surface area contributed by atoms with Crippen LogP contribution in [0.1, 0.15) is 6.92 Å². The fraction of sp³-hybridized carbons (Fsp3) is 0.273. The number of nitrogens with zero attached hydrogens (tertiary/aromatic N) is 2. The summed E-state index contributed by atoms with van der Waals surface area (Å²) in [6, 6.07) is 3.96. The molecule has 2 aromatic rings. The zero-order valence-corrected chi connectivity index (χ0v) is 9.64. The molecule has 0 aliphatic heterocycles. The van der Waals surface area contributed by atoms with Crippen LogP contribution in [0.25, 0.3) is 0 Å². The third-order valence-electron chi connectivity index (χ3n) is 2.29. The average Bonchev–Trinajstić information content (AvgIpc) is 2.82. The second-order valence-corrected chi connectivity index (χ2v) is 3.79. The van der Waals surface area contributed by atoms with Gasteiger partial charge in [0.2, 0.25) is 0 Å². The molecule has 5 N–H and O–H groups in total. The number of aromatic amines is 1. The number of anilines is 3. The van der Waals surface area contributed by atoms with Gasteiger partial charge in [0.1, 0.15) is 18.0 Å². The second kappa shape index (κ2) is 5.31. The first kappa shape index (κ1) is 11.4. The molecule has 0 spiro atoms. The van der Waals surface area contributed by atoms with E-state index in [0.717, 1.165) is 17.3 Å². The lowest BCUT2D eigenvalue weighted by Crippen LogP contribution is -2.25. The van der Waals surface area contributed by atoms with Crippen LogP contribution in [-0.2, 0) is 0 Å². The van der Waals surface area contributed by atoms with E-state index in [9.17, 15) is 0 Å². The first-order valence-corrected chi connectivity index (χ1v) is 5.46. The Hall–Kier alpha value is -2.08. The maximum atomic E-state index is 5.54. The van der Waals surface area contributed by atoms with E-state index in [1.54, 1.807) is 0 Å². The fourth-order valence-corrected chi connectivity index (χ4v) is 1.37. The van der Waals surface area contributed by atoms with Gasteiger partial charge in [-0.1, -0.05) is 0 Å². The Morgan fingerprint density at radius 2 is 2.24 bits per heavy atom. The first-order chi connectivity index (χ1) is 8.28. The van der Waals surface area contributed by atoms with Crippen molar-refractivity contribution in [2.45, 2.75) is 13.0 Å². The standard InChI is InChI=1S/C11H16N6/c1-8(5-12)16-10-4-11(15-7-14-10)17-9-2-3-13-6-9/h2-4,6-8,13H,5,12H2,1H3,(H2,14,15,16,17). The van der Waals surface area contributed by atoms with Crippen LogP contribution in [0.2, 0.25) is 0 Å². The Labute approximate surface area is 99.7 Å². The molecule has 0 saturated heterocycles. The highest BCUT2D eigenvalue weighted by atomic mass is 15.1. The Kier molecular flexibility index (Phi) is 3.56. The Morgan fingerprint density at radius 3 is 2.94 bits per heavy atom. The second-order valence-electron chi connectivity index (χ2n) is 3.79. The molecular formula is C11H16N6. The molecule has 0 amide bonds. The molecule has 1 atom stereocenters. The number of rotatable bonds is 5. The molecule has 2 rings (SSSR count). The van der Waals surface area contributed by atoms with Gasteiger partial charge in [0.15, 0.2) is 0 Å². The van der Waals surface area contributed by atoms with E-state index in [1.165, 1.54) is 6.33 Å². The van der Waals surface area contributed by atoms with Gasteiger partial charge < -0.3 is 21.4 Å². The number of hydrogen-bond acceptors (Lipinski definition) is 5. The molecular weight excluding hydrogens is 216 g/mol. The predicted molar refractivity (Wildman–Crippen MR) is 68.2 cm³/mol. The highest BCUT2D eigenvalue weighted by Crippen LogP contribution is 2.15. The van der Waals surface area contributed by atoms with Gasteiger partial charge in [-0.3, -0.25) is 0 Å². The molecule has 0 aliphatic rings. The van der Waals surface area contributed by atoms with E-state index >= 15 is 0 Å². The van der Waals surface area contributed by atoms with E-state index in [0.29, 0.717) is 6.54 Å². The molecule has 2 aromatic heterocycles. The Balaban J connectivity index is 2.06. The molecule has 0 saturated carbocycles. The third-order valence-corrected chi connectivity index (χ3v) is 2.29. The van der Waals surface area contributed by atoms with Gasteiger partial charge in [-0.2, -0.15) is 0 Å². The summed E-state index contributed by atoms with van der Waals surface area (Å²) in [5.74, 6) is 1.50. The highest BCUT2D eigenvalue weighted by molar-refractivity contribution is 5.57. The highest BCUT2D eigenvalue weighted by Gasteiger charge is 2.02. The number of nitrogens with one attached hydrogen (secondary N) is 3. The topological polar surface area (TPSA) is 91.7 Å². The molecule has 6 nitrogen and oxygen atoms in total. The van der Waals surface area contributed by atoms with Crippen molar-refractivity contribution in [3.05, 3.63) is 30.9 Å². The van der Waals surface area contributed by atoms with Gasteiger partial charge in [0.05, 0.1) is 5.69 Å². The first-order valence-electron chi connectivity index (χ1n) is 5.46. The number of H-pyrrole nitrogens is 1. The minimum absolute atomic E-state index is 0.185. The van der Waals surface area contributed by atoms with Gasteiger partial charge in [0, 0.05) is 31.0 Å². The molecule has 0 fully saturated rings. The van der Waals surface area contributed by atoms with E-state index in [2.05, 4.69) is 25.6 Å². The third kappa shape index (κ3) is 3.18. The molecule has 0 aliphatic carbocycles. The number of hydrogen-bond donors (Lipinski definition) is 4. The molecule has 0 bridgehead atoms. The molecule has 0 radical (unpaired) electrons. The van der Waals surface area contributed by atoms with Crippen LogP contribution in [0.4, 0.5) is 17.3 Å². The normalized spacial score (nSPS) is 12.1. The van der Waals surface area contributed by atoms with Crippen LogP contribution in [0.3, 0.4) is 0 Å². The van der Waals surface area contributed by atoms with Gasteiger partial charge in [-0.05, 0) is 13.0 Å². The Morgan fingerprint density at radius 1 is 1.41 bits per heavy atom. The van der Waals surface area contributed by atoms with Crippen LogP contribution in [0.5, 0.6) is 0 Å². The van der Waals surface area contributed by atoms with Crippen molar-refractivity contribution in [1.82, 2.24) is 15.0 Å². The molecule has 17 heavy (non-hydrogen) atoms. The average molecular weight is 232 g/mol. The van der Waals surface area contributed by atoms with Crippen LogP contribution in [0, 0.1) is 0 Å². The zero-order valence-electron chi connectivity index (χ0n) is 9.64. The molecule has 1 unspecified atom stereocenters. The maximum absolute atomic E-state index is 5.54. The SMILES string of the molecule is CC(CN)Nc1cc(Nc2cc[nH]c2)ncn1. The van der Waals surface area contributed by atoms with Crippen molar-refractivity contribution in [3.63, 3.8) is 0 Å². The minimum Gasteiger partial charge on any atom is -0.366 e. The van der Waals surface area contributed by atoms with E-state index in [1.807, 2.05) is 31.5 Å². The molecule has 6 heteroatoms. The minimum atomic E-state index is 0.185. The summed E-state index contributed by atoms with van der Waals surface area (Å²) in [5.41, 5.74) is 6.50. The summed E-state index contributed by atoms with van der Waals surface area (Å²) >= 11 is 0. The van der Waals surface area contributed by atoms with Crippen LogP contribution in [-0.4, -0.2) is 27.5 Å². The van der Waals surface area contributed by atoms with Crippen molar-refractivity contribution in [1.29, 1.82) is 0 Å². The lowest BCUT2D eigenvalue weighted by atomic mass is 10.3. The number of nitrogens with two attached hydrogens (primary N) is 1. The van der Waals surface area contributed by atoms with Crippen molar-refractivity contribution in [2.24, 2.45) is 5.73 Å². The smallest absolute Gasteiger partial charge is 0.135 e. The monoisotopic (exact) mass is 232 g/mol. The molecule has 0 aromatic carbocycles. The van der Waals surface area contributed by atoms with Crippen LogP contribution < -0.4 is 16.4 Å². The van der Waals surface area contributed by atoms with Crippen molar-refractivity contribution >= 4 is 17.3 Å². The van der Waals surface area contributed by atoms with Crippen molar-refractivity contribution in [3.8, 4) is 0 Å². The van der Waals surface area contributed by atoms with Gasteiger partial charge in [0.25, 0.3) is 0 Å². The summed E-state index contributed by atoms with van der Waals surface area (Å²) in [7, 11) is 0. The Bertz CT molecular complexity index is 453. The number of aromatic nitrogens is 3. The van der Waals surface area contributed by atoms with E-state index in [-0.39, 0.29) is 6.04 Å². The van der Waals surface area contributed by atoms with E-state index in [4.69, 9.17) is 5.73 Å². The fourth-order valence-electron chi connectivity index (χ4n) is 1.37. The molecule has 90 valence electrons. The molecule has 2 heterocycles. The summed E-state index contributed by atoms with van der Waals surface area (Å²) in [6.07, 6.45) is 5.22. The van der Waals surface area contributed by atoms with Crippen LogP contribution in [0.15, 0.2) is 30.9 Å². The summed E-state index contributed by atoms with van der Waals surface area (Å²) in [5, 5.41) is 6.35. The van der Waals surface area contributed by atoms with E-state index < -0.39 is 0 Å². The van der Waals surface area contributed by atoms with Gasteiger partial charge >= 0.3 is 0 Å². The van der Waals surface area contributed by atoms with Crippen molar-refractivity contribution < 1.29 is 0 Å². The van der Waals surface area contributed by atoms with Crippen LogP contribution >= 0.6 is 0 Å². The maximum Gasteiger partial charge on any atom is 0.135 e. The van der Waals surface area contributed by atoms with Gasteiger partial charge in [-0.25, -0.2) is 9.97 Å². The lowest BCUT2D eigenvalue weighted by molar-refractivity contribution is 0.797.